The number of benzene rings is 1. The summed E-state index contributed by atoms with van der Waals surface area (Å²) in [7, 11) is -6.95. The fourth-order valence-corrected chi connectivity index (χ4v) is 2.43. The molecule has 7 heteroatoms. The summed E-state index contributed by atoms with van der Waals surface area (Å²) in [6.07, 6.45) is 1.06. The van der Waals surface area contributed by atoms with Crippen LogP contribution in [0, 0.1) is 0 Å². The van der Waals surface area contributed by atoms with Crippen molar-refractivity contribution in [1.29, 1.82) is 0 Å². The molecule has 0 fully saturated rings. The van der Waals surface area contributed by atoms with Crippen LogP contribution in [0.4, 0.5) is 0 Å². The smallest absolute Gasteiger partial charge is 0.213 e. The Balaban J connectivity index is 3.15. The van der Waals surface area contributed by atoms with E-state index in [1.54, 1.807) is 0 Å². The Bertz CT molecular complexity index is 560. The summed E-state index contributed by atoms with van der Waals surface area (Å²) in [6.45, 7) is 0. The maximum Gasteiger partial charge on any atom is 0.213 e. The van der Waals surface area contributed by atoms with Crippen LogP contribution in [0.2, 0.25) is 0 Å². The van der Waals surface area contributed by atoms with Crippen molar-refractivity contribution >= 4 is 19.9 Å². The highest BCUT2D eigenvalue weighted by Crippen LogP contribution is 2.12. The number of rotatable bonds is 3. The molecule has 0 aromatic heterocycles. The van der Waals surface area contributed by atoms with Gasteiger partial charge < -0.3 is 0 Å². The molecule has 0 aliphatic rings. The first-order chi connectivity index (χ1) is 6.68. The van der Waals surface area contributed by atoms with Crippen molar-refractivity contribution in [3.05, 3.63) is 29.8 Å². The van der Waals surface area contributed by atoms with Crippen molar-refractivity contribution in [1.82, 2.24) is 0 Å². The molecule has 0 atom stereocenters. The van der Waals surface area contributed by atoms with Gasteiger partial charge in [-0.15, -0.1) is 0 Å². The van der Waals surface area contributed by atoms with E-state index in [1.165, 1.54) is 24.3 Å². The molecule has 0 radical (unpaired) electrons. The highest BCUT2D eigenvalue weighted by atomic mass is 32.2. The van der Waals surface area contributed by atoms with Gasteiger partial charge in [0.25, 0.3) is 0 Å². The van der Waals surface area contributed by atoms with Gasteiger partial charge in [0.15, 0.2) is 9.84 Å². The molecule has 1 aromatic rings. The van der Waals surface area contributed by atoms with Crippen LogP contribution in [0.1, 0.15) is 5.56 Å². The minimum atomic E-state index is -3.63. The predicted octanol–water partition coefficient (Wildman–Crippen LogP) is -0.121. The third-order valence-corrected chi connectivity index (χ3v) is 3.54. The zero-order valence-electron chi connectivity index (χ0n) is 8.04. The molecule has 1 aromatic carbocycles. The molecule has 0 amide bonds. The molecular formula is C8H11NO4S2. The summed E-state index contributed by atoms with van der Waals surface area (Å²) in [5.74, 6) is -0.365. The Hall–Kier alpha value is -0.920. The monoisotopic (exact) mass is 249 g/mol. The van der Waals surface area contributed by atoms with Crippen LogP contribution in [0.5, 0.6) is 0 Å². The standard InChI is InChI=1S/C8H11NO4S2/c1-14(10,11)8-4-2-3-7(5-8)6-15(9,12)13/h2-5H,6H2,1H3,(H2,9,12,13). The second-order valence-electron chi connectivity index (χ2n) is 3.23. The molecule has 0 spiro atoms. The van der Waals surface area contributed by atoms with Crippen LogP contribution in [0.3, 0.4) is 0 Å². The van der Waals surface area contributed by atoms with Crippen molar-refractivity contribution < 1.29 is 16.8 Å². The minimum absolute atomic E-state index is 0.0867. The maximum atomic E-state index is 11.2. The van der Waals surface area contributed by atoms with E-state index in [-0.39, 0.29) is 10.6 Å². The van der Waals surface area contributed by atoms with Gasteiger partial charge in [-0.2, -0.15) is 0 Å². The number of primary sulfonamides is 1. The summed E-state index contributed by atoms with van der Waals surface area (Å²) in [5.41, 5.74) is 0.362. The summed E-state index contributed by atoms with van der Waals surface area (Å²) < 4.78 is 43.9. The first kappa shape index (κ1) is 12.2. The van der Waals surface area contributed by atoms with E-state index in [1.807, 2.05) is 0 Å². The van der Waals surface area contributed by atoms with Gasteiger partial charge in [0, 0.05) is 6.26 Å². The van der Waals surface area contributed by atoms with Gasteiger partial charge >= 0.3 is 0 Å². The fourth-order valence-electron chi connectivity index (χ4n) is 1.10. The number of sulfonamides is 1. The number of nitrogens with two attached hydrogens (primary N) is 1. The van der Waals surface area contributed by atoms with Crippen molar-refractivity contribution in [2.45, 2.75) is 10.6 Å². The lowest BCUT2D eigenvalue weighted by molar-refractivity contribution is 0.595. The van der Waals surface area contributed by atoms with Gasteiger partial charge in [-0.25, -0.2) is 22.0 Å². The Morgan fingerprint density at radius 1 is 1.20 bits per heavy atom. The molecule has 0 saturated heterocycles. The molecule has 0 unspecified atom stereocenters. The zero-order valence-corrected chi connectivity index (χ0v) is 9.68. The van der Waals surface area contributed by atoms with Gasteiger partial charge in [0.05, 0.1) is 10.6 Å². The average Bonchev–Trinajstić information content (AvgIpc) is 1.99. The Morgan fingerprint density at radius 3 is 2.27 bits per heavy atom. The molecule has 0 heterocycles. The van der Waals surface area contributed by atoms with Crippen LogP contribution in [-0.2, 0) is 25.6 Å². The molecular weight excluding hydrogens is 238 g/mol. The highest BCUT2D eigenvalue weighted by molar-refractivity contribution is 7.90. The van der Waals surface area contributed by atoms with Crippen molar-refractivity contribution in [3.63, 3.8) is 0 Å². The summed E-state index contributed by atoms with van der Waals surface area (Å²) in [6, 6.07) is 5.71. The van der Waals surface area contributed by atoms with E-state index in [2.05, 4.69) is 0 Å². The normalized spacial score (nSPS) is 12.7. The van der Waals surface area contributed by atoms with Crippen LogP contribution in [0.25, 0.3) is 0 Å². The van der Waals surface area contributed by atoms with Crippen LogP contribution in [-0.4, -0.2) is 23.1 Å². The van der Waals surface area contributed by atoms with Crippen LogP contribution in [0.15, 0.2) is 29.2 Å². The first-order valence-electron chi connectivity index (χ1n) is 3.98. The zero-order chi connectivity index (χ0) is 11.7. The Labute approximate surface area is 88.9 Å². The average molecular weight is 249 g/mol. The second-order valence-corrected chi connectivity index (χ2v) is 6.86. The van der Waals surface area contributed by atoms with Gasteiger partial charge in [-0.05, 0) is 17.7 Å². The molecule has 2 N–H and O–H groups in total. The summed E-state index contributed by atoms with van der Waals surface area (Å²) >= 11 is 0. The third-order valence-electron chi connectivity index (χ3n) is 1.69. The molecule has 84 valence electrons. The lowest BCUT2D eigenvalue weighted by Gasteiger charge is -2.02. The molecule has 1 rings (SSSR count). The SMILES string of the molecule is CS(=O)(=O)c1cccc(CS(N)(=O)=O)c1. The van der Waals surface area contributed by atoms with Gasteiger partial charge in [0.2, 0.25) is 10.0 Å². The fraction of sp³-hybridized carbons (Fsp3) is 0.250. The quantitative estimate of drug-likeness (QED) is 0.808. The molecule has 0 aliphatic carbocycles. The minimum Gasteiger partial charge on any atom is -0.228 e. The van der Waals surface area contributed by atoms with Crippen LogP contribution < -0.4 is 5.14 Å². The molecule has 5 nitrogen and oxygen atoms in total. The van der Waals surface area contributed by atoms with Gasteiger partial charge in [0.1, 0.15) is 0 Å². The Morgan fingerprint density at radius 2 is 1.80 bits per heavy atom. The van der Waals surface area contributed by atoms with E-state index >= 15 is 0 Å². The Kier molecular flexibility index (Phi) is 3.17. The largest absolute Gasteiger partial charge is 0.228 e. The van der Waals surface area contributed by atoms with Gasteiger partial charge in [-0.1, -0.05) is 12.1 Å². The lowest BCUT2D eigenvalue weighted by Crippen LogP contribution is -2.14. The van der Waals surface area contributed by atoms with E-state index in [4.69, 9.17) is 5.14 Å². The van der Waals surface area contributed by atoms with Crippen LogP contribution >= 0.6 is 0 Å². The maximum absolute atomic E-state index is 11.2. The van der Waals surface area contributed by atoms with Crippen molar-refractivity contribution in [3.8, 4) is 0 Å². The lowest BCUT2D eigenvalue weighted by atomic mass is 10.2. The van der Waals surface area contributed by atoms with Gasteiger partial charge in [-0.3, -0.25) is 0 Å². The molecule has 0 bridgehead atoms. The topological polar surface area (TPSA) is 94.3 Å². The number of hydrogen-bond donors (Lipinski definition) is 1. The summed E-state index contributed by atoms with van der Waals surface area (Å²) in [4.78, 5) is 0.0867. The van der Waals surface area contributed by atoms with Crippen molar-refractivity contribution in [2.24, 2.45) is 5.14 Å². The molecule has 0 aliphatic heterocycles. The second kappa shape index (κ2) is 3.92. The first-order valence-corrected chi connectivity index (χ1v) is 7.59. The molecule has 0 saturated carbocycles. The summed E-state index contributed by atoms with van der Waals surface area (Å²) in [5, 5.41) is 4.85. The van der Waals surface area contributed by atoms with E-state index < -0.39 is 19.9 Å². The highest BCUT2D eigenvalue weighted by Gasteiger charge is 2.10. The number of sulfone groups is 1. The van der Waals surface area contributed by atoms with E-state index in [9.17, 15) is 16.8 Å². The predicted molar refractivity (Wildman–Crippen MR) is 56.4 cm³/mol. The number of hydrogen-bond acceptors (Lipinski definition) is 4. The molecule has 15 heavy (non-hydrogen) atoms. The van der Waals surface area contributed by atoms with Crippen molar-refractivity contribution in [2.75, 3.05) is 6.26 Å². The van der Waals surface area contributed by atoms with E-state index in [0.717, 1.165) is 6.26 Å². The third kappa shape index (κ3) is 3.98. The van der Waals surface area contributed by atoms with E-state index in [0.29, 0.717) is 5.56 Å².